The Kier molecular flexibility index (Phi) is 6.02. The molecule has 4 rings (SSSR count). The zero-order valence-corrected chi connectivity index (χ0v) is 18.1. The molecule has 3 N–H and O–H groups in total. The first-order valence-corrected chi connectivity index (χ1v) is 11.3. The van der Waals surface area contributed by atoms with Crippen LogP contribution in [-0.2, 0) is 17.8 Å². The summed E-state index contributed by atoms with van der Waals surface area (Å²) in [6.45, 7) is 3.22. The van der Waals surface area contributed by atoms with Gasteiger partial charge in [-0.1, -0.05) is 43.3 Å². The van der Waals surface area contributed by atoms with E-state index in [1.54, 1.807) is 18.3 Å². The second kappa shape index (κ2) is 8.37. The molecule has 3 aliphatic carbocycles. The van der Waals surface area contributed by atoms with Crippen LogP contribution in [0.15, 0.2) is 47.6 Å². The van der Waals surface area contributed by atoms with Gasteiger partial charge in [0.25, 0.3) is 0 Å². The standard InChI is InChI=1S/C26H37NO2/c1-25(24-10-12-26(27,16-24)18-28)11-9-22-14-21(7-8-23(22)15-25)13-19-3-5-20(6-4-19)17-29-2/h3-6,9,15,21,24,28H,7-8,10-14,16-18,27H2,1-2H3/t21-,24-,25?,26+/m0/s1. The van der Waals surface area contributed by atoms with Crippen molar-refractivity contribution in [3.05, 3.63) is 58.7 Å². The van der Waals surface area contributed by atoms with Gasteiger partial charge >= 0.3 is 0 Å². The molecular weight excluding hydrogens is 358 g/mol. The minimum atomic E-state index is -0.355. The third-order valence-electron chi connectivity index (χ3n) is 7.78. The Morgan fingerprint density at radius 2 is 1.90 bits per heavy atom. The van der Waals surface area contributed by atoms with Crippen LogP contribution in [0.3, 0.4) is 0 Å². The highest BCUT2D eigenvalue weighted by atomic mass is 16.5. The van der Waals surface area contributed by atoms with E-state index in [0.29, 0.717) is 12.5 Å². The summed E-state index contributed by atoms with van der Waals surface area (Å²) >= 11 is 0. The van der Waals surface area contributed by atoms with Gasteiger partial charge in [0.05, 0.1) is 13.2 Å². The molecular formula is C26H37NO2. The highest BCUT2D eigenvalue weighted by Crippen LogP contribution is 2.51. The maximum Gasteiger partial charge on any atom is 0.0713 e. The number of aliphatic hydroxyl groups is 1. The van der Waals surface area contributed by atoms with Crippen LogP contribution < -0.4 is 5.73 Å². The van der Waals surface area contributed by atoms with Gasteiger partial charge < -0.3 is 15.6 Å². The smallest absolute Gasteiger partial charge is 0.0713 e. The maximum atomic E-state index is 9.65. The summed E-state index contributed by atoms with van der Waals surface area (Å²) in [7, 11) is 1.75. The first-order valence-electron chi connectivity index (χ1n) is 11.3. The predicted octanol–water partition coefficient (Wildman–Crippen LogP) is 4.93. The Labute approximate surface area is 176 Å². The van der Waals surface area contributed by atoms with E-state index in [1.807, 2.05) is 0 Å². The molecule has 1 aromatic rings. The van der Waals surface area contributed by atoms with Crippen LogP contribution >= 0.6 is 0 Å². The maximum absolute atomic E-state index is 9.65. The van der Waals surface area contributed by atoms with Gasteiger partial charge in [0.1, 0.15) is 0 Å². The molecule has 3 aliphatic rings. The van der Waals surface area contributed by atoms with Crippen LogP contribution in [0.5, 0.6) is 0 Å². The van der Waals surface area contributed by atoms with Gasteiger partial charge in [-0.3, -0.25) is 0 Å². The van der Waals surface area contributed by atoms with E-state index in [4.69, 9.17) is 10.5 Å². The number of hydrogen-bond acceptors (Lipinski definition) is 3. The lowest BCUT2D eigenvalue weighted by molar-refractivity contribution is 0.179. The summed E-state index contributed by atoms with van der Waals surface area (Å²) in [5.41, 5.74) is 12.1. The molecule has 0 bridgehead atoms. The van der Waals surface area contributed by atoms with Crippen LogP contribution in [-0.4, -0.2) is 24.4 Å². The van der Waals surface area contributed by atoms with E-state index in [-0.39, 0.29) is 17.6 Å². The molecule has 29 heavy (non-hydrogen) atoms. The molecule has 4 atom stereocenters. The molecule has 3 nitrogen and oxygen atoms in total. The summed E-state index contributed by atoms with van der Waals surface area (Å²) < 4.78 is 5.22. The van der Waals surface area contributed by atoms with Crippen LogP contribution in [0.25, 0.3) is 0 Å². The molecule has 0 radical (unpaired) electrons. The second-order valence-electron chi connectivity index (χ2n) is 10.1. The quantitative estimate of drug-likeness (QED) is 0.718. The molecule has 2 saturated carbocycles. The number of ether oxygens (including phenoxy) is 1. The van der Waals surface area contributed by atoms with Crippen molar-refractivity contribution in [2.45, 2.75) is 70.4 Å². The lowest BCUT2D eigenvalue weighted by Gasteiger charge is -2.39. The molecule has 1 unspecified atom stereocenters. The normalized spacial score (nSPS) is 34.5. The van der Waals surface area contributed by atoms with E-state index in [2.05, 4.69) is 43.3 Å². The molecule has 0 aliphatic heterocycles. The van der Waals surface area contributed by atoms with Gasteiger partial charge in [-0.25, -0.2) is 0 Å². The summed E-state index contributed by atoms with van der Waals surface area (Å²) in [6.07, 6.45) is 14.1. The Morgan fingerprint density at radius 1 is 1.14 bits per heavy atom. The summed E-state index contributed by atoms with van der Waals surface area (Å²) in [5.74, 6) is 1.34. The monoisotopic (exact) mass is 395 g/mol. The van der Waals surface area contributed by atoms with Crippen molar-refractivity contribution in [2.75, 3.05) is 13.7 Å². The summed E-state index contributed by atoms with van der Waals surface area (Å²) in [5, 5.41) is 9.65. The van der Waals surface area contributed by atoms with Crippen molar-refractivity contribution >= 4 is 0 Å². The molecule has 0 aromatic heterocycles. The Hall–Kier alpha value is -1.42. The molecule has 3 heteroatoms. The zero-order valence-electron chi connectivity index (χ0n) is 18.1. The van der Waals surface area contributed by atoms with Gasteiger partial charge in [0.15, 0.2) is 0 Å². The lowest BCUT2D eigenvalue weighted by atomic mass is 9.66. The highest BCUT2D eigenvalue weighted by Gasteiger charge is 2.44. The SMILES string of the molecule is COCc1ccc(C[C@@H]2CCC3=CC(C)([C@H]4CC[C@](N)(CO)C4)CC=C3C2)cc1. The molecule has 0 heterocycles. The van der Waals surface area contributed by atoms with Crippen molar-refractivity contribution in [2.24, 2.45) is 23.0 Å². The van der Waals surface area contributed by atoms with Gasteiger partial charge in [-0.05, 0) is 90.9 Å². The molecule has 0 spiro atoms. The molecule has 158 valence electrons. The zero-order chi connectivity index (χ0) is 20.5. The van der Waals surface area contributed by atoms with Gasteiger partial charge in [-0.2, -0.15) is 0 Å². The van der Waals surface area contributed by atoms with Gasteiger partial charge in [0, 0.05) is 12.6 Å². The fourth-order valence-corrected chi connectivity index (χ4v) is 5.84. The van der Waals surface area contributed by atoms with E-state index in [9.17, 15) is 5.11 Å². The summed E-state index contributed by atoms with van der Waals surface area (Å²) in [6, 6.07) is 8.94. The van der Waals surface area contributed by atoms with Gasteiger partial charge in [0.2, 0.25) is 0 Å². The Morgan fingerprint density at radius 3 is 2.59 bits per heavy atom. The van der Waals surface area contributed by atoms with E-state index < -0.39 is 0 Å². The number of fused-ring (bicyclic) bond motifs is 1. The van der Waals surface area contributed by atoms with E-state index >= 15 is 0 Å². The van der Waals surface area contributed by atoms with Crippen molar-refractivity contribution in [3.63, 3.8) is 0 Å². The van der Waals surface area contributed by atoms with E-state index in [0.717, 1.165) is 31.6 Å². The van der Waals surface area contributed by atoms with E-state index in [1.165, 1.54) is 36.8 Å². The van der Waals surface area contributed by atoms with Crippen molar-refractivity contribution in [3.8, 4) is 0 Å². The average molecular weight is 396 g/mol. The fraction of sp³-hybridized carbons (Fsp3) is 0.615. The third kappa shape index (κ3) is 4.52. The molecule has 0 saturated heterocycles. The first-order chi connectivity index (χ1) is 13.9. The number of methoxy groups -OCH3 is 1. The third-order valence-corrected chi connectivity index (χ3v) is 7.78. The number of benzene rings is 1. The van der Waals surface area contributed by atoms with Crippen molar-refractivity contribution in [1.29, 1.82) is 0 Å². The van der Waals surface area contributed by atoms with Crippen molar-refractivity contribution < 1.29 is 9.84 Å². The minimum Gasteiger partial charge on any atom is -0.394 e. The average Bonchev–Trinajstić information content (AvgIpc) is 3.14. The summed E-state index contributed by atoms with van der Waals surface area (Å²) in [4.78, 5) is 0. The molecule has 2 fully saturated rings. The molecule has 0 amide bonds. The predicted molar refractivity (Wildman–Crippen MR) is 118 cm³/mol. The lowest BCUT2D eigenvalue weighted by Crippen LogP contribution is -2.42. The van der Waals surface area contributed by atoms with Gasteiger partial charge in [-0.15, -0.1) is 0 Å². The first kappa shape index (κ1) is 20.8. The van der Waals surface area contributed by atoms with Crippen LogP contribution in [0.1, 0.15) is 63.0 Å². The Balaban J connectivity index is 1.38. The number of nitrogens with two attached hydrogens (primary N) is 1. The van der Waals surface area contributed by atoms with Crippen LogP contribution in [0.2, 0.25) is 0 Å². The molecule has 1 aromatic carbocycles. The Bertz CT molecular complexity index is 780. The highest BCUT2D eigenvalue weighted by molar-refractivity contribution is 5.39. The minimum absolute atomic E-state index is 0.116. The van der Waals surface area contributed by atoms with Crippen molar-refractivity contribution in [1.82, 2.24) is 0 Å². The number of aliphatic hydroxyl groups excluding tert-OH is 1. The largest absolute Gasteiger partial charge is 0.394 e. The number of allylic oxidation sites excluding steroid dienone is 4. The topological polar surface area (TPSA) is 55.5 Å². The number of rotatable bonds is 6. The van der Waals surface area contributed by atoms with Crippen LogP contribution in [0.4, 0.5) is 0 Å². The van der Waals surface area contributed by atoms with Crippen LogP contribution in [0, 0.1) is 17.3 Å². The fourth-order valence-electron chi connectivity index (χ4n) is 5.84. The second-order valence-corrected chi connectivity index (χ2v) is 10.1. The number of hydrogen-bond donors (Lipinski definition) is 2.